The summed E-state index contributed by atoms with van der Waals surface area (Å²) >= 11 is 0. The molecule has 0 fully saturated rings. The van der Waals surface area contributed by atoms with Gasteiger partial charge in [-0.1, -0.05) is 66.9 Å². The van der Waals surface area contributed by atoms with Gasteiger partial charge in [-0.25, -0.2) is 14.4 Å². The molecule has 1 aromatic rings. The molecule has 0 saturated carbocycles. The second kappa shape index (κ2) is 19.6. The largest absolute Gasteiger partial charge is 0.513 e. The molecule has 4 unspecified atom stereocenters. The van der Waals surface area contributed by atoms with Crippen molar-refractivity contribution in [3.63, 3.8) is 0 Å². The second-order valence-electron chi connectivity index (χ2n) is 10.6. The van der Waals surface area contributed by atoms with Crippen LogP contribution in [0.5, 0.6) is 11.5 Å². The number of hydrogen-bond donors (Lipinski definition) is 2. The molecule has 1 rings (SSSR count). The van der Waals surface area contributed by atoms with E-state index >= 15 is 0 Å². The molecular weight excluding hydrogens is 550 g/mol. The van der Waals surface area contributed by atoms with Gasteiger partial charge in [0, 0.05) is 6.54 Å². The molecule has 2 N–H and O–H groups in total. The molecule has 0 aliphatic carbocycles. The molecule has 42 heavy (non-hydrogen) atoms. The quantitative estimate of drug-likeness (QED) is 0.116. The Kier molecular flexibility index (Phi) is 17.0. The molecule has 0 radical (unpaired) electrons. The van der Waals surface area contributed by atoms with Gasteiger partial charge in [-0.3, -0.25) is 4.79 Å². The molecule has 238 valence electrons. The first kappa shape index (κ1) is 36.5. The molecule has 0 aromatic heterocycles. The van der Waals surface area contributed by atoms with Gasteiger partial charge in [0.05, 0.1) is 19.8 Å². The number of nitrogens with one attached hydrogen (secondary N) is 1. The van der Waals surface area contributed by atoms with Crippen LogP contribution < -0.4 is 14.8 Å². The monoisotopic (exact) mass is 597 g/mol. The van der Waals surface area contributed by atoms with Crippen molar-refractivity contribution in [3.8, 4) is 11.5 Å². The van der Waals surface area contributed by atoms with E-state index < -0.39 is 36.6 Å². The van der Waals surface area contributed by atoms with E-state index in [0.717, 1.165) is 19.3 Å². The number of carboxylic acids is 1. The minimum Gasteiger partial charge on any atom is -0.480 e. The first-order chi connectivity index (χ1) is 19.9. The predicted octanol–water partition coefficient (Wildman–Crippen LogP) is 5.98. The van der Waals surface area contributed by atoms with E-state index in [2.05, 4.69) is 5.32 Å². The summed E-state index contributed by atoms with van der Waals surface area (Å²) in [4.78, 5) is 48.5. The van der Waals surface area contributed by atoms with Gasteiger partial charge in [-0.2, -0.15) is 0 Å². The van der Waals surface area contributed by atoms with Crippen LogP contribution in [-0.2, 0) is 30.2 Å². The average Bonchev–Trinajstić information content (AvgIpc) is 2.96. The van der Waals surface area contributed by atoms with Crippen molar-refractivity contribution in [1.29, 1.82) is 0 Å². The summed E-state index contributed by atoms with van der Waals surface area (Å²) in [6.07, 6.45) is -1.02. The fourth-order valence-corrected chi connectivity index (χ4v) is 3.10. The predicted molar refractivity (Wildman–Crippen MR) is 154 cm³/mol. The summed E-state index contributed by atoms with van der Waals surface area (Å²) in [5.74, 6) is -0.921. The number of ether oxygens (including phenoxy) is 6. The molecule has 0 aliphatic rings. The summed E-state index contributed by atoms with van der Waals surface area (Å²) in [6, 6.07) is 3.24. The lowest BCUT2D eigenvalue weighted by Gasteiger charge is -2.19. The van der Waals surface area contributed by atoms with Crippen LogP contribution in [0.1, 0.15) is 73.3 Å². The number of carboxylic acid groups (broad SMARTS) is 1. The molecule has 0 bridgehead atoms. The second-order valence-corrected chi connectivity index (χ2v) is 10.6. The Morgan fingerprint density at radius 3 is 1.69 bits per heavy atom. The molecule has 12 heteroatoms. The fourth-order valence-electron chi connectivity index (χ4n) is 3.10. The Labute approximate surface area is 248 Å². The van der Waals surface area contributed by atoms with E-state index in [1.165, 1.54) is 12.1 Å². The summed E-state index contributed by atoms with van der Waals surface area (Å²) in [7, 11) is 0. The van der Waals surface area contributed by atoms with Crippen LogP contribution in [0.4, 0.5) is 14.4 Å². The van der Waals surface area contributed by atoms with E-state index in [4.69, 9.17) is 28.4 Å². The normalized spacial score (nSPS) is 14.5. The van der Waals surface area contributed by atoms with Crippen LogP contribution >= 0.6 is 0 Å². The van der Waals surface area contributed by atoms with Crippen LogP contribution in [-0.4, -0.2) is 68.1 Å². The molecule has 0 amide bonds. The van der Waals surface area contributed by atoms with E-state index in [9.17, 15) is 24.3 Å². The van der Waals surface area contributed by atoms with Gasteiger partial charge < -0.3 is 38.8 Å². The number of aliphatic carboxylic acids is 1. The lowest BCUT2D eigenvalue weighted by molar-refractivity contribution is -0.139. The lowest BCUT2D eigenvalue weighted by Crippen LogP contribution is -2.42. The Morgan fingerprint density at radius 1 is 0.738 bits per heavy atom. The first-order valence-corrected chi connectivity index (χ1v) is 14.5. The van der Waals surface area contributed by atoms with Crippen molar-refractivity contribution >= 4 is 24.4 Å². The summed E-state index contributed by atoms with van der Waals surface area (Å²) < 4.78 is 31.1. The van der Waals surface area contributed by atoms with Gasteiger partial charge in [0.1, 0.15) is 12.1 Å². The standard InChI is InChI=1S/C30H47NO11/c1-8-19(4)16-37-28(34)40-22(7)15-31-24(27(32)33)13-23-11-12-25(41-29(35)38-17-20(5)9-2)26(14-23)42-30(36)39-18-21(6)10-3/h11-12,14,19-22,24,31H,8-10,13,15-18H2,1-7H3,(H,32,33)/t19?,20?,21?,22?,24-/m0/s1. The van der Waals surface area contributed by atoms with E-state index in [1.807, 2.05) is 41.5 Å². The SMILES string of the molecule is CCC(C)COC(=O)Oc1ccc(C[C@H](NCC(C)OC(=O)OCC(C)CC)C(=O)O)cc1OC(=O)OCC(C)CC. The van der Waals surface area contributed by atoms with Gasteiger partial charge in [0.25, 0.3) is 0 Å². The van der Waals surface area contributed by atoms with E-state index in [0.29, 0.717) is 5.56 Å². The van der Waals surface area contributed by atoms with Crippen LogP contribution in [0.25, 0.3) is 0 Å². The van der Waals surface area contributed by atoms with Crippen molar-refractivity contribution in [2.75, 3.05) is 26.4 Å². The third-order valence-electron chi connectivity index (χ3n) is 6.63. The smallest absolute Gasteiger partial charge is 0.480 e. The Morgan fingerprint density at radius 2 is 1.21 bits per heavy atom. The maximum atomic E-state index is 12.4. The van der Waals surface area contributed by atoms with Gasteiger partial charge in [-0.15, -0.1) is 0 Å². The van der Waals surface area contributed by atoms with Crippen molar-refractivity contribution in [2.45, 2.75) is 86.3 Å². The molecular formula is C30H47NO11. The van der Waals surface area contributed by atoms with Gasteiger partial charge in [0.15, 0.2) is 11.5 Å². The third kappa shape index (κ3) is 14.9. The topological polar surface area (TPSA) is 156 Å². The van der Waals surface area contributed by atoms with Crippen molar-refractivity contribution in [2.24, 2.45) is 17.8 Å². The fraction of sp³-hybridized carbons (Fsp3) is 0.667. The zero-order valence-corrected chi connectivity index (χ0v) is 25.8. The summed E-state index contributed by atoms with van der Waals surface area (Å²) in [5.41, 5.74) is 0.460. The van der Waals surface area contributed by atoms with Crippen LogP contribution in [0.2, 0.25) is 0 Å². The highest BCUT2D eigenvalue weighted by molar-refractivity contribution is 5.74. The first-order valence-electron chi connectivity index (χ1n) is 14.5. The third-order valence-corrected chi connectivity index (χ3v) is 6.63. The van der Waals surface area contributed by atoms with Gasteiger partial charge >= 0.3 is 24.4 Å². The van der Waals surface area contributed by atoms with Crippen molar-refractivity contribution in [1.82, 2.24) is 5.32 Å². The Balaban J connectivity index is 2.95. The zero-order chi connectivity index (χ0) is 31.7. The highest BCUT2D eigenvalue weighted by Gasteiger charge is 2.23. The number of carbonyl (C=O) groups excluding carboxylic acids is 3. The lowest BCUT2D eigenvalue weighted by atomic mass is 10.0. The number of hydrogen-bond acceptors (Lipinski definition) is 11. The number of carbonyl (C=O) groups is 4. The molecule has 0 spiro atoms. The number of benzene rings is 1. The van der Waals surface area contributed by atoms with E-state index in [1.54, 1.807) is 13.0 Å². The Bertz CT molecular complexity index is 999. The molecule has 0 aliphatic heterocycles. The highest BCUT2D eigenvalue weighted by Crippen LogP contribution is 2.30. The average molecular weight is 598 g/mol. The highest BCUT2D eigenvalue weighted by atomic mass is 16.7. The van der Waals surface area contributed by atoms with Crippen LogP contribution in [0.3, 0.4) is 0 Å². The summed E-state index contributed by atoms with van der Waals surface area (Å²) in [6.45, 7) is 13.9. The van der Waals surface area contributed by atoms with Crippen molar-refractivity contribution in [3.05, 3.63) is 23.8 Å². The zero-order valence-electron chi connectivity index (χ0n) is 25.8. The minimum absolute atomic E-state index is 0.0302. The molecule has 0 saturated heterocycles. The maximum Gasteiger partial charge on any atom is 0.513 e. The molecule has 5 atom stereocenters. The number of rotatable bonds is 18. The minimum atomic E-state index is -1.15. The molecule has 1 aromatic carbocycles. The van der Waals surface area contributed by atoms with Crippen LogP contribution in [0.15, 0.2) is 18.2 Å². The summed E-state index contributed by atoms with van der Waals surface area (Å²) in [5, 5.41) is 12.6. The van der Waals surface area contributed by atoms with Crippen molar-refractivity contribution < 1.29 is 52.7 Å². The Hall–Kier alpha value is -3.54. The van der Waals surface area contributed by atoms with E-state index in [-0.39, 0.29) is 62.0 Å². The van der Waals surface area contributed by atoms with Gasteiger partial charge in [-0.05, 0) is 48.8 Å². The molecule has 12 nitrogen and oxygen atoms in total. The van der Waals surface area contributed by atoms with Crippen LogP contribution in [0, 0.1) is 17.8 Å². The van der Waals surface area contributed by atoms with Gasteiger partial charge in [0.2, 0.25) is 0 Å². The molecule has 0 heterocycles. The maximum absolute atomic E-state index is 12.4.